The Morgan fingerprint density at radius 1 is 0.250 bits per heavy atom. The van der Waals surface area contributed by atoms with Crippen molar-refractivity contribution in [3.05, 3.63) is 84.9 Å². The minimum absolute atomic E-state index is 1.33. The predicted octanol–water partition coefficient (Wildman–Crippen LogP) is 8.07. The van der Waals surface area contributed by atoms with Gasteiger partial charge in [-0.05, 0) is 75.4 Å². The van der Waals surface area contributed by atoms with Crippen molar-refractivity contribution in [3.8, 4) is 0 Å². The van der Waals surface area contributed by atoms with E-state index in [1.54, 1.807) is 0 Å². The van der Waals surface area contributed by atoms with Crippen LogP contribution in [0.1, 0.15) is 0 Å². The van der Waals surface area contributed by atoms with Gasteiger partial charge in [-0.3, -0.25) is 0 Å². The summed E-state index contributed by atoms with van der Waals surface area (Å²) in [5, 5.41) is 19.4. The van der Waals surface area contributed by atoms with Gasteiger partial charge in [0, 0.05) is 0 Å². The van der Waals surface area contributed by atoms with Crippen molar-refractivity contribution in [1.82, 2.24) is 0 Å². The number of benzene rings is 8. The van der Waals surface area contributed by atoms with Crippen LogP contribution in [0.2, 0.25) is 0 Å². The molecule has 0 aliphatic rings. The molecule has 0 saturated heterocycles. The number of rotatable bonds is 0. The average molecular weight is 350 g/mol. The standard InChI is InChI=1S/C28H14/c1-3-15-7-9-17-12-14-22-20-6-2-4-16-8-10-18-11-13-21-19(5-1)23(15)25(17)28(22)27(21)26(18)24(16)20/h1-14H. The Kier molecular flexibility index (Phi) is 2.06. The average Bonchev–Trinajstić information content (AvgIpc) is 2.76. The van der Waals surface area contributed by atoms with Crippen molar-refractivity contribution in [2.75, 3.05) is 0 Å². The topological polar surface area (TPSA) is 0 Å². The molecular formula is C28H14. The highest BCUT2D eigenvalue weighted by atomic mass is 14.2. The molecule has 8 rings (SSSR count). The molecule has 0 N–H and O–H groups in total. The van der Waals surface area contributed by atoms with E-state index >= 15 is 0 Å². The summed E-state index contributed by atoms with van der Waals surface area (Å²) in [4.78, 5) is 0. The van der Waals surface area contributed by atoms with Crippen LogP contribution >= 0.6 is 0 Å². The van der Waals surface area contributed by atoms with Gasteiger partial charge in [0.25, 0.3) is 0 Å². The lowest BCUT2D eigenvalue weighted by molar-refractivity contribution is 1.80. The Balaban J connectivity index is 1.95. The van der Waals surface area contributed by atoms with Gasteiger partial charge in [-0.25, -0.2) is 0 Å². The molecule has 0 saturated carbocycles. The lowest BCUT2D eigenvalue weighted by Crippen LogP contribution is -1.93. The Hall–Kier alpha value is -3.64. The van der Waals surface area contributed by atoms with Gasteiger partial charge in [0.2, 0.25) is 0 Å². The van der Waals surface area contributed by atoms with Crippen molar-refractivity contribution >= 4 is 75.4 Å². The first-order valence-electron chi connectivity index (χ1n) is 9.88. The highest BCUT2D eigenvalue weighted by molar-refractivity contribution is 6.47. The molecule has 0 bridgehead atoms. The maximum absolute atomic E-state index is 2.34. The molecule has 0 radical (unpaired) electrons. The summed E-state index contributed by atoms with van der Waals surface area (Å²) in [7, 11) is 0. The second-order valence-electron chi connectivity index (χ2n) is 8.11. The molecular weight excluding hydrogens is 336 g/mol. The molecule has 0 unspecified atom stereocenters. The van der Waals surface area contributed by atoms with Gasteiger partial charge in [-0.15, -0.1) is 0 Å². The Bertz CT molecular complexity index is 1710. The van der Waals surface area contributed by atoms with Crippen molar-refractivity contribution < 1.29 is 0 Å². The molecule has 0 amide bonds. The number of hydrogen-bond donors (Lipinski definition) is 0. The Morgan fingerprint density at radius 2 is 0.607 bits per heavy atom. The number of fused-ring (bicyclic) bond motifs is 2. The van der Waals surface area contributed by atoms with Gasteiger partial charge in [0.05, 0.1) is 0 Å². The molecule has 0 heteroatoms. The van der Waals surface area contributed by atoms with Crippen LogP contribution in [0.5, 0.6) is 0 Å². The fourth-order valence-corrected chi connectivity index (χ4v) is 5.81. The van der Waals surface area contributed by atoms with Crippen molar-refractivity contribution in [1.29, 1.82) is 0 Å². The van der Waals surface area contributed by atoms with E-state index in [9.17, 15) is 0 Å². The molecule has 0 aromatic heterocycles. The second-order valence-corrected chi connectivity index (χ2v) is 8.11. The van der Waals surface area contributed by atoms with Crippen LogP contribution in [0.15, 0.2) is 84.9 Å². The number of hydrogen-bond acceptors (Lipinski definition) is 0. The molecule has 0 heterocycles. The lowest BCUT2D eigenvalue weighted by atomic mass is 9.81. The van der Waals surface area contributed by atoms with E-state index < -0.39 is 0 Å². The van der Waals surface area contributed by atoms with Crippen LogP contribution in [0.25, 0.3) is 75.4 Å². The first kappa shape index (κ1) is 13.5. The second kappa shape index (κ2) is 4.26. The van der Waals surface area contributed by atoms with E-state index in [2.05, 4.69) is 84.9 Å². The molecule has 0 nitrogen and oxygen atoms in total. The van der Waals surface area contributed by atoms with Crippen molar-refractivity contribution in [2.45, 2.75) is 0 Å². The van der Waals surface area contributed by atoms with Crippen LogP contribution in [0.4, 0.5) is 0 Å². The highest BCUT2D eigenvalue weighted by Crippen LogP contribution is 2.49. The first-order valence-corrected chi connectivity index (χ1v) is 9.88. The molecule has 0 aliphatic heterocycles. The molecule has 0 fully saturated rings. The van der Waals surface area contributed by atoms with E-state index in [1.165, 1.54) is 75.4 Å². The van der Waals surface area contributed by atoms with Crippen LogP contribution < -0.4 is 0 Å². The minimum Gasteiger partial charge on any atom is -0.0610 e. The SMILES string of the molecule is c1cc2ccc3ccc4c5cccc6ccc7ccc8c(c1)c2c3c4c8c7c65. The Morgan fingerprint density at radius 3 is 1.07 bits per heavy atom. The van der Waals surface area contributed by atoms with Gasteiger partial charge < -0.3 is 0 Å². The van der Waals surface area contributed by atoms with Gasteiger partial charge in [-0.2, -0.15) is 0 Å². The van der Waals surface area contributed by atoms with Crippen molar-refractivity contribution in [2.24, 2.45) is 0 Å². The quantitative estimate of drug-likeness (QED) is 0.191. The van der Waals surface area contributed by atoms with Gasteiger partial charge in [0.1, 0.15) is 0 Å². The summed E-state index contributed by atoms with van der Waals surface area (Å²) >= 11 is 0. The van der Waals surface area contributed by atoms with E-state index in [1.807, 2.05) is 0 Å². The maximum atomic E-state index is 2.34. The smallest absolute Gasteiger partial charge is 0.000741 e. The minimum atomic E-state index is 1.33. The van der Waals surface area contributed by atoms with Crippen LogP contribution in [-0.2, 0) is 0 Å². The van der Waals surface area contributed by atoms with E-state index in [-0.39, 0.29) is 0 Å². The predicted molar refractivity (Wildman–Crippen MR) is 123 cm³/mol. The summed E-state index contributed by atoms with van der Waals surface area (Å²) in [6, 6.07) is 31.9. The van der Waals surface area contributed by atoms with Crippen molar-refractivity contribution in [3.63, 3.8) is 0 Å². The molecule has 0 spiro atoms. The summed E-state index contributed by atoms with van der Waals surface area (Å²) in [6.45, 7) is 0. The summed E-state index contributed by atoms with van der Waals surface area (Å²) in [5.41, 5.74) is 0. The van der Waals surface area contributed by atoms with E-state index in [0.29, 0.717) is 0 Å². The summed E-state index contributed by atoms with van der Waals surface area (Å²) < 4.78 is 0. The molecule has 0 atom stereocenters. The fourth-order valence-electron chi connectivity index (χ4n) is 5.81. The maximum Gasteiger partial charge on any atom is -0.000741 e. The Labute approximate surface area is 160 Å². The molecule has 8 aromatic carbocycles. The third-order valence-corrected chi connectivity index (χ3v) is 6.88. The van der Waals surface area contributed by atoms with Gasteiger partial charge in [-0.1, -0.05) is 84.9 Å². The summed E-state index contributed by atoms with van der Waals surface area (Å²) in [6.07, 6.45) is 0. The molecule has 28 heavy (non-hydrogen) atoms. The first-order chi connectivity index (χ1) is 13.9. The third-order valence-electron chi connectivity index (χ3n) is 6.88. The third kappa shape index (κ3) is 1.31. The normalized spacial score (nSPS) is 13.0. The summed E-state index contributed by atoms with van der Waals surface area (Å²) in [5.74, 6) is 0. The van der Waals surface area contributed by atoms with E-state index in [4.69, 9.17) is 0 Å². The van der Waals surface area contributed by atoms with Crippen LogP contribution in [-0.4, -0.2) is 0 Å². The highest BCUT2D eigenvalue weighted by Gasteiger charge is 2.20. The van der Waals surface area contributed by atoms with Gasteiger partial charge in [0.15, 0.2) is 0 Å². The van der Waals surface area contributed by atoms with Crippen LogP contribution in [0, 0.1) is 0 Å². The molecule has 126 valence electrons. The molecule has 0 aliphatic carbocycles. The zero-order valence-electron chi connectivity index (χ0n) is 15.1. The largest absolute Gasteiger partial charge is 0.0610 e. The molecule has 8 aromatic rings. The monoisotopic (exact) mass is 350 g/mol. The lowest BCUT2D eigenvalue weighted by Gasteiger charge is -2.21. The fraction of sp³-hybridized carbons (Fsp3) is 0. The van der Waals surface area contributed by atoms with Crippen LogP contribution in [0.3, 0.4) is 0 Å². The zero-order chi connectivity index (χ0) is 18.0. The van der Waals surface area contributed by atoms with E-state index in [0.717, 1.165) is 0 Å². The zero-order valence-corrected chi connectivity index (χ0v) is 15.1. The van der Waals surface area contributed by atoms with Gasteiger partial charge >= 0.3 is 0 Å².